The number of likely N-dealkylation sites (tertiary alicyclic amines) is 1. The number of nitrogens with zero attached hydrogens (tertiary/aromatic N) is 1. The third-order valence-corrected chi connectivity index (χ3v) is 5.64. The zero-order chi connectivity index (χ0) is 20.7. The van der Waals surface area contributed by atoms with Crippen molar-refractivity contribution in [2.24, 2.45) is 11.8 Å². The summed E-state index contributed by atoms with van der Waals surface area (Å²) in [5.74, 6) is 0.0587. The summed E-state index contributed by atoms with van der Waals surface area (Å²) in [6, 6.07) is 8.36. The topological polar surface area (TPSA) is 78.5 Å². The van der Waals surface area contributed by atoms with Gasteiger partial charge in [-0.05, 0) is 43.7 Å². The molecule has 0 unspecified atom stereocenters. The molecule has 3 amide bonds. The summed E-state index contributed by atoms with van der Waals surface area (Å²) in [7, 11) is 0. The van der Waals surface area contributed by atoms with E-state index >= 15 is 0 Å². The van der Waals surface area contributed by atoms with Gasteiger partial charge in [-0.15, -0.1) is 0 Å². The lowest BCUT2D eigenvalue weighted by Crippen LogP contribution is -2.55. The van der Waals surface area contributed by atoms with Crippen molar-refractivity contribution in [3.8, 4) is 0 Å². The molecule has 1 heterocycles. The lowest BCUT2D eigenvalue weighted by atomic mass is 9.88. The van der Waals surface area contributed by atoms with E-state index in [4.69, 9.17) is 0 Å². The van der Waals surface area contributed by atoms with Gasteiger partial charge in [-0.1, -0.05) is 39.0 Å². The Balaban J connectivity index is 2.11. The average molecular weight is 388 g/mol. The second kappa shape index (κ2) is 10.2. The van der Waals surface area contributed by atoms with E-state index in [1.54, 1.807) is 24.3 Å². The zero-order valence-electron chi connectivity index (χ0n) is 17.4. The normalized spacial score (nSPS) is 17.1. The number of carbonyl (C=O) groups excluding carboxylic acids is 3. The van der Waals surface area contributed by atoms with Crippen LogP contribution < -0.4 is 10.6 Å². The van der Waals surface area contributed by atoms with Crippen LogP contribution in [0.3, 0.4) is 0 Å². The highest BCUT2D eigenvalue weighted by Crippen LogP contribution is 2.22. The highest BCUT2D eigenvalue weighted by Gasteiger charge is 2.34. The third kappa shape index (κ3) is 5.81. The molecule has 1 aliphatic rings. The molecule has 0 spiro atoms. The van der Waals surface area contributed by atoms with Crippen molar-refractivity contribution in [1.29, 1.82) is 0 Å². The van der Waals surface area contributed by atoms with Crippen LogP contribution in [-0.2, 0) is 9.59 Å². The van der Waals surface area contributed by atoms with Gasteiger partial charge < -0.3 is 15.5 Å². The van der Waals surface area contributed by atoms with Crippen molar-refractivity contribution in [2.75, 3.05) is 13.1 Å². The molecule has 6 heteroatoms. The maximum atomic E-state index is 13.0. The van der Waals surface area contributed by atoms with Gasteiger partial charge in [-0.2, -0.15) is 0 Å². The summed E-state index contributed by atoms with van der Waals surface area (Å²) in [5, 5.41) is 6.00. The van der Waals surface area contributed by atoms with E-state index in [0.717, 1.165) is 0 Å². The monoisotopic (exact) mass is 387 g/mol. The first-order chi connectivity index (χ1) is 13.3. The summed E-state index contributed by atoms with van der Waals surface area (Å²) in [6.07, 6.45) is 1.90. The van der Waals surface area contributed by atoms with E-state index < -0.39 is 6.04 Å². The third-order valence-electron chi connectivity index (χ3n) is 5.64. The predicted molar refractivity (Wildman–Crippen MR) is 110 cm³/mol. The molecule has 0 radical (unpaired) electrons. The number of piperidine rings is 1. The van der Waals surface area contributed by atoms with Crippen LogP contribution in [0.25, 0.3) is 0 Å². The maximum Gasteiger partial charge on any atom is 0.251 e. The number of hydrogen-bond acceptors (Lipinski definition) is 3. The lowest BCUT2D eigenvalue weighted by Gasteiger charge is -2.36. The molecule has 0 aliphatic carbocycles. The molecule has 1 aromatic rings. The van der Waals surface area contributed by atoms with Crippen molar-refractivity contribution in [1.82, 2.24) is 15.5 Å². The molecule has 2 atom stereocenters. The van der Waals surface area contributed by atoms with Gasteiger partial charge in [0.05, 0.1) is 0 Å². The van der Waals surface area contributed by atoms with E-state index in [1.807, 2.05) is 24.8 Å². The number of rotatable bonds is 7. The molecule has 0 bridgehead atoms. The van der Waals surface area contributed by atoms with E-state index in [1.165, 1.54) is 0 Å². The number of carbonyl (C=O) groups is 3. The lowest BCUT2D eigenvalue weighted by molar-refractivity contribution is -0.132. The van der Waals surface area contributed by atoms with Gasteiger partial charge in [0.1, 0.15) is 6.04 Å². The highest BCUT2D eigenvalue weighted by molar-refractivity contribution is 5.97. The van der Waals surface area contributed by atoms with Crippen molar-refractivity contribution in [3.63, 3.8) is 0 Å². The van der Waals surface area contributed by atoms with Crippen LogP contribution in [0, 0.1) is 11.8 Å². The molecule has 2 rings (SSSR count). The Labute approximate surface area is 168 Å². The number of nitrogens with one attached hydrogen (secondary N) is 2. The van der Waals surface area contributed by atoms with Gasteiger partial charge in [0.25, 0.3) is 5.91 Å². The summed E-state index contributed by atoms with van der Waals surface area (Å²) >= 11 is 0. The van der Waals surface area contributed by atoms with Gasteiger partial charge >= 0.3 is 0 Å². The minimum Gasteiger partial charge on any atom is -0.352 e. The molecule has 1 saturated heterocycles. The first-order valence-corrected chi connectivity index (χ1v) is 10.3. The minimum absolute atomic E-state index is 0.00734. The first kappa shape index (κ1) is 21.9. The van der Waals surface area contributed by atoms with Gasteiger partial charge in [-0.3, -0.25) is 14.4 Å². The van der Waals surface area contributed by atoms with Crippen molar-refractivity contribution >= 4 is 17.7 Å². The maximum absolute atomic E-state index is 13.0. The Bertz CT molecular complexity index is 667. The molecule has 2 N–H and O–H groups in total. The van der Waals surface area contributed by atoms with E-state index in [-0.39, 0.29) is 29.7 Å². The van der Waals surface area contributed by atoms with E-state index in [2.05, 4.69) is 24.5 Å². The van der Waals surface area contributed by atoms with Gasteiger partial charge in [0, 0.05) is 31.1 Å². The van der Waals surface area contributed by atoms with E-state index in [0.29, 0.717) is 43.8 Å². The Kier molecular flexibility index (Phi) is 8.03. The molecule has 154 valence electrons. The fourth-order valence-electron chi connectivity index (χ4n) is 3.40. The van der Waals surface area contributed by atoms with Crippen LogP contribution in [0.2, 0.25) is 0 Å². The van der Waals surface area contributed by atoms with E-state index in [9.17, 15) is 14.4 Å². The Morgan fingerprint density at radius 1 is 1.04 bits per heavy atom. The van der Waals surface area contributed by atoms with Crippen LogP contribution >= 0.6 is 0 Å². The van der Waals surface area contributed by atoms with Gasteiger partial charge in [0.2, 0.25) is 11.8 Å². The summed E-state index contributed by atoms with van der Waals surface area (Å²) in [6.45, 7) is 9.19. The number of amides is 3. The second-order valence-electron chi connectivity index (χ2n) is 7.93. The second-order valence-corrected chi connectivity index (χ2v) is 7.93. The highest BCUT2D eigenvalue weighted by atomic mass is 16.2. The summed E-state index contributed by atoms with van der Waals surface area (Å²) in [5.41, 5.74) is 0.538. The van der Waals surface area contributed by atoms with Gasteiger partial charge in [-0.25, -0.2) is 0 Å². The molecule has 1 fully saturated rings. The smallest absolute Gasteiger partial charge is 0.251 e. The zero-order valence-corrected chi connectivity index (χ0v) is 17.4. The molecule has 1 aromatic carbocycles. The van der Waals surface area contributed by atoms with Crippen molar-refractivity contribution in [3.05, 3.63) is 35.9 Å². The molecule has 6 nitrogen and oxygen atoms in total. The standard InChI is InChI=1S/C22H33N3O3/c1-5-19(26)25-13-11-17(12-14-25)20(22(28)23-16(4)15(2)3)24-21(27)18-9-7-6-8-10-18/h6-10,15-17,20H,5,11-14H2,1-4H3,(H,23,28)(H,24,27)/t16-,20+/m0/s1. The SMILES string of the molecule is CCC(=O)N1CCC([C@@H](NC(=O)c2ccccc2)C(=O)N[C@@H](C)C(C)C)CC1. The Hall–Kier alpha value is -2.37. The fourth-order valence-corrected chi connectivity index (χ4v) is 3.40. The van der Waals surface area contributed by atoms with Gasteiger partial charge in [0.15, 0.2) is 0 Å². The van der Waals surface area contributed by atoms with Crippen molar-refractivity contribution < 1.29 is 14.4 Å². The molecule has 1 aliphatic heterocycles. The first-order valence-electron chi connectivity index (χ1n) is 10.3. The molecular formula is C22H33N3O3. The van der Waals surface area contributed by atoms with Crippen LogP contribution in [-0.4, -0.2) is 47.8 Å². The molecule has 0 saturated carbocycles. The van der Waals surface area contributed by atoms with Crippen LogP contribution in [0.4, 0.5) is 0 Å². The summed E-state index contributed by atoms with van der Waals surface area (Å²) < 4.78 is 0. The number of hydrogen-bond donors (Lipinski definition) is 2. The fraction of sp³-hybridized carbons (Fsp3) is 0.591. The minimum atomic E-state index is -0.604. The average Bonchev–Trinajstić information content (AvgIpc) is 2.71. The molecule has 0 aromatic heterocycles. The number of benzene rings is 1. The molecule has 28 heavy (non-hydrogen) atoms. The largest absolute Gasteiger partial charge is 0.352 e. The Morgan fingerprint density at radius 3 is 2.18 bits per heavy atom. The predicted octanol–water partition coefficient (Wildman–Crippen LogP) is 2.59. The van der Waals surface area contributed by atoms with Crippen LogP contribution in [0.15, 0.2) is 30.3 Å². The Morgan fingerprint density at radius 2 is 1.64 bits per heavy atom. The van der Waals surface area contributed by atoms with Crippen LogP contribution in [0.1, 0.15) is 57.3 Å². The quantitative estimate of drug-likeness (QED) is 0.755. The molecular weight excluding hydrogens is 354 g/mol. The van der Waals surface area contributed by atoms with Crippen molar-refractivity contribution in [2.45, 2.75) is 59.0 Å². The summed E-state index contributed by atoms with van der Waals surface area (Å²) in [4.78, 5) is 39.5. The van der Waals surface area contributed by atoms with Crippen LogP contribution in [0.5, 0.6) is 0 Å².